The Labute approximate surface area is 104 Å². The molecule has 1 saturated heterocycles. The molecule has 0 amide bonds. The summed E-state index contributed by atoms with van der Waals surface area (Å²) in [6.45, 7) is 3.73. The Morgan fingerprint density at radius 2 is 2.44 bits per heavy atom. The first-order chi connectivity index (χ1) is 8.72. The molecule has 0 bridgehead atoms. The van der Waals surface area contributed by atoms with Gasteiger partial charge in [0.15, 0.2) is 5.82 Å². The summed E-state index contributed by atoms with van der Waals surface area (Å²) in [5.41, 5.74) is 6.68. The first kappa shape index (κ1) is 11.2. The van der Waals surface area contributed by atoms with E-state index in [4.69, 9.17) is 15.0 Å². The molecule has 2 N–H and O–H groups in total. The standard InChI is InChI=1S/C11H15N5O2/c1-7-4-9(12)16(14-7)5-10-13-11(15-18-10)8-2-3-17-6-8/h4,8H,2-3,5-6,12H2,1H3. The Bertz CT molecular complexity index is 541. The summed E-state index contributed by atoms with van der Waals surface area (Å²) < 4.78 is 12.2. The van der Waals surface area contributed by atoms with E-state index in [-0.39, 0.29) is 5.92 Å². The molecule has 7 heteroatoms. The van der Waals surface area contributed by atoms with Gasteiger partial charge < -0.3 is 15.0 Å². The topological polar surface area (TPSA) is 92.0 Å². The number of ether oxygens (including phenoxy) is 1. The van der Waals surface area contributed by atoms with Crippen LogP contribution in [0.5, 0.6) is 0 Å². The van der Waals surface area contributed by atoms with E-state index in [0.717, 1.165) is 18.7 Å². The molecule has 1 aliphatic heterocycles. The van der Waals surface area contributed by atoms with Crippen molar-refractivity contribution < 1.29 is 9.26 Å². The predicted molar refractivity (Wildman–Crippen MR) is 63.0 cm³/mol. The van der Waals surface area contributed by atoms with Crippen molar-refractivity contribution >= 4 is 5.82 Å². The third-order valence-electron chi connectivity index (χ3n) is 3.00. The van der Waals surface area contributed by atoms with E-state index in [2.05, 4.69) is 15.2 Å². The summed E-state index contributed by atoms with van der Waals surface area (Å²) in [6.07, 6.45) is 0.946. The van der Waals surface area contributed by atoms with Crippen molar-refractivity contribution in [1.29, 1.82) is 0 Å². The van der Waals surface area contributed by atoms with Crippen LogP contribution in [0.1, 0.15) is 29.7 Å². The van der Waals surface area contributed by atoms with Gasteiger partial charge in [-0.3, -0.25) is 0 Å². The Balaban J connectivity index is 1.75. The Morgan fingerprint density at radius 1 is 1.56 bits per heavy atom. The number of aromatic nitrogens is 4. The number of hydrogen-bond donors (Lipinski definition) is 1. The summed E-state index contributed by atoms with van der Waals surface area (Å²) in [5.74, 6) is 2.08. The van der Waals surface area contributed by atoms with Crippen LogP contribution in [-0.4, -0.2) is 33.1 Å². The van der Waals surface area contributed by atoms with Crippen LogP contribution in [0.25, 0.3) is 0 Å². The molecule has 2 aromatic rings. The first-order valence-electron chi connectivity index (χ1n) is 5.92. The molecule has 0 saturated carbocycles. The van der Waals surface area contributed by atoms with Crippen LogP contribution in [0.3, 0.4) is 0 Å². The van der Waals surface area contributed by atoms with Gasteiger partial charge in [0.05, 0.1) is 12.3 Å². The molecule has 7 nitrogen and oxygen atoms in total. The van der Waals surface area contributed by atoms with E-state index in [0.29, 0.717) is 30.7 Å². The predicted octanol–water partition coefficient (Wildman–Crippen LogP) is 0.709. The average molecular weight is 249 g/mol. The third kappa shape index (κ3) is 2.08. The molecule has 2 aromatic heterocycles. The highest BCUT2D eigenvalue weighted by molar-refractivity contribution is 5.30. The van der Waals surface area contributed by atoms with E-state index in [1.165, 1.54) is 0 Å². The van der Waals surface area contributed by atoms with Gasteiger partial charge >= 0.3 is 0 Å². The van der Waals surface area contributed by atoms with Crippen LogP contribution in [0.15, 0.2) is 10.6 Å². The molecule has 3 rings (SSSR count). The number of nitrogens with zero attached hydrogens (tertiary/aromatic N) is 4. The molecule has 0 aromatic carbocycles. The molecule has 0 aliphatic carbocycles. The van der Waals surface area contributed by atoms with Gasteiger partial charge in [-0.25, -0.2) is 4.68 Å². The summed E-state index contributed by atoms with van der Waals surface area (Å²) >= 11 is 0. The van der Waals surface area contributed by atoms with Crippen LogP contribution >= 0.6 is 0 Å². The van der Waals surface area contributed by atoms with E-state index < -0.39 is 0 Å². The number of nitrogens with two attached hydrogens (primary N) is 1. The van der Waals surface area contributed by atoms with Crippen LogP contribution in [0, 0.1) is 6.92 Å². The lowest BCUT2D eigenvalue weighted by Gasteiger charge is -1.99. The largest absolute Gasteiger partial charge is 0.384 e. The van der Waals surface area contributed by atoms with Crippen LogP contribution in [0.4, 0.5) is 5.82 Å². The van der Waals surface area contributed by atoms with Gasteiger partial charge in [0.25, 0.3) is 0 Å². The number of hydrogen-bond acceptors (Lipinski definition) is 6. The lowest BCUT2D eigenvalue weighted by Crippen LogP contribution is -2.06. The van der Waals surface area contributed by atoms with Gasteiger partial charge in [-0.1, -0.05) is 5.16 Å². The highest BCUT2D eigenvalue weighted by Crippen LogP contribution is 2.22. The zero-order valence-corrected chi connectivity index (χ0v) is 10.2. The minimum atomic E-state index is 0.249. The zero-order valence-electron chi connectivity index (χ0n) is 10.2. The Hall–Kier alpha value is -1.89. The lowest BCUT2D eigenvalue weighted by atomic mass is 10.1. The molecule has 1 aliphatic rings. The average Bonchev–Trinajstić information content (AvgIpc) is 3.02. The SMILES string of the molecule is Cc1cc(N)n(Cc2nc(C3CCOC3)no2)n1. The van der Waals surface area contributed by atoms with Crippen molar-refractivity contribution in [2.45, 2.75) is 25.8 Å². The highest BCUT2D eigenvalue weighted by atomic mass is 16.5. The van der Waals surface area contributed by atoms with E-state index in [1.54, 1.807) is 4.68 Å². The van der Waals surface area contributed by atoms with Gasteiger partial charge in [0.1, 0.15) is 12.4 Å². The Morgan fingerprint density at radius 3 is 3.11 bits per heavy atom. The monoisotopic (exact) mass is 249 g/mol. The molecule has 1 unspecified atom stereocenters. The molecule has 96 valence electrons. The highest BCUT2D eigenvalue weighted by Gasteiger charge is 2.23. The van der Waals surface area contributed by atoms with Crippen molar-refractivity contribution in [3.63, 3.8) is 0 Å². The van der Waals surface area contributed by atoms with Gasteiger partial charge in [0.2, 0.25) is 5.89 Å². The fourth-order valence-electron chi connectivity index (χ4n) is 2.06. The van der Waals surface area contributed by atoms with Gasteiger partial charge in [0, 0.05) is 18.6 Å². The van der Waals surface area contributed by atoms with Crippen LogP contribution in [0.2, 0.25) is 0 Å². The van der Waals surface area contributed by atoms with Crippen LogP contribution < -0.4 is 5.73 Å². The lowest BCUT2D eigenvalue weighted by molar-refractivity contribution is 0.192. The molecular weight excluding hydrogens is 234 g/mol. The van der Waals surface area contributed by atoms with Gasteiger partial charge in [-0.2, -0.15) is 10.1 Å². The molecule has 3 heterocycles. The van der Waals surface area contributed by atoms with Crippen molar-refractivity contribution in [3.8, 4) is 0 Å². The maximum absolute atomic E-state index is 5.81. The Kier molecular flexibility index (Phi) is 2.75. The maximum atomic E-state index is 5.81. The summed E-state index contributed by atoms with van der Waals surface area (Å²) in [6, 6.07) is 1.81. The molecule has 18 heavy (non-hydrogen) atoms. The third-order valence-corrected chi connectivity index (χ3v) is 3.00. The zero-order chi connectivity index (χ0) is 12.5. The molecule has 1 atom stereocenters. The molecular formula is C11H15N5O2. The van der Waals surface area contributed by atoms with Crippen molar-refractivity contribution in [1.82, 2.24) is 19.9 Å². The molecule has 1 fully saturated rings. The van der Waals surface area contributed by atoms with Gasteiger partial charge in [-0.15, -0.1) is 0 Å². The minimum absolute atomic E-state index is 0.249. The van der Waals surface area contributed by atoms with E-state index >= 15 is 0 Å². The van der Waals surface area contributed by atoms with Gasteiger partial charge in [-0.05, 0) is 13.3 Å². The smallest absolute Gasteiger partial charge is 0.248 e. The second kappa shape index (κ2) is 4.41. The molecule has 0 spiro atoms. The number of anilines is 1. The van der Waals surface area contributed by atoms with Crippen molar-refractivity contribution in [2.24, 2.45) is 0 Å². The van der Waals surface area contributed by atoms with Crippen LogP contribution in [-0.2, 0) is 11.3 Å². The van der Waals surface area contributed by atoms with E-state index in [9.17, 15) is 0 Å². The molecule has 0 radical (unpaired) electrons. The fourth-order valence-corrected chi connectivity index (χ4v) is 2.06. The summed E-state index contributed by atoms with van der Waals surface area (Å²) in [7, 11) is 0. The second-order valence-corrected chi connectivity index (χ2v) is 4.48. The summed E-state index contributed by atoms with van der Waals surface area (Å²) in [5, 5.41) is 8.23. The fraction of sp³-hybridized carbons (Fsp3) is 0.545. The van der Waals surface area contributed by atoms with Crippen molar-refractivity contribution in [2.75, 3.05) is 18.9 Å². The second-order valence-electron chi connectivity index (χ2n) is 4.48. The number of rotatable bonds is 3. The maximum Gasteiger partial charge on any atom is 0.248 e. The van der Waals surface area contributed by atoms with E-state index in [1.807, 2.05) is 13.0 Å². The minimum Gasteiger partial charge on any atom is -0.384 e. The quantitative estimate of drug-likeness (QED) is 0.861. The number of aryl methyl sites for hydroxylation is 1. The number of nitrogen functional groups attached to an aromatic ring is 1. The first-order valence-corrected chi connectivity index (χ1v) is 5.92. The summed E-state index contributed by atoms with van der Waals surface area (Å²) in [4.78, 5) is 4.36. The van der Waals surface area contributed by atoms with Crippen molar-refractivity contribution in [3.05, 3.63) is 23.5 Å². The normalized spacial score (nSPS) is 19.5.